The molecule has 0 spiro atoms. The van der Waals surface area contributed by atoms with E-state index in [0.717, 1.165) is 62.8 Å². The van der Waals surface area contributed by atoms with Gasteiger partial charge >= 0.3 is 23.6 Å². The van der Waals surface area contributed by atoms with Crippen LogP contribution in [0.2, 0.25) is 0 Å². The van der Waals surface area contributed by atoms with Gasteiger partial charge < -0.3 is 35.3 Å². The summed E-state index contributed by atoms with van der Waals surface area (Å²) in [4.78, 5) is 40.6. The molecule has 54 heavy (non-hydrogen) atoms. The molecule has 296 valence electrons. The summed E-state index contributed by atoms with van der Waals surface area (Å²) < 4.78 is 45.9. The average Bonchev–Trinajstić information content (AvgIpc) is 3.87. The van der Waals surface area contributed by atoms with E-state index in [4.69, 9.17) is 19.9 Å². The summed E-state index contributed by atoms with van der Waals surface area (Å²) in [7, 11) is 0. The lowest BCUT2D eigenvalue weighted by Crippen LogP contribution is -2.42. The largest absolute Gasteiger partial charge is 0.463 e. The highest BCUT2D eigenvalue weighted by Crippen LogP contribution is 2.59. The van der Waals surface area contributed by atoms with Crippen LogP contribution in [0.5, 0.6) is 0 Å². The molecule has 1 aromatic heterocycles. The van der Waals surface area contributed by atoms with Crippen LogP contribution in [0.25, 0.3) is 0 Å². The molecule has 4 saturated carbocycles. The highest BCUT2D eigenvalue weighted by atomic mass is 19.3. The summed E-state index contributed by atoms with van der Waals surface area (Å²) in [5.41, 5.74) is 7.24. The first-order valence-corrected chi connectivity index (χ1v) is 19.1. The molecule has 5 aliphatic rings. The molecule has 0 amide bonds. The summed E-state index contributed by atoms with van der Waals surface area (Å²) in [6.45, 7) is 8.04. The molecular formula is C40H53F2N3O9. The zero-order chi connectivity index (χ0) is 38.9. The molecule has 0 bridgehead atoms. The number of esters is 2. The second kappa shape index (κ2) is 16.2. The Morgan fingerprint density at radius 1 is 1.17 bits per heavy atom. The Morgan fingerprint density at radius 3 is 2.63 bits per heavy atom. The van der Waals surface area contributed by atoms with Crippen molar-refractivity contribution in [3.63, 3.8) is 0 Å². The fourth-order valence-electron chi connectivity index (χ4n) is 9.11. The van der Waals surface area contributed by atoms with Crippen molar-refractivity contribution in [3.8, 4) is 0 Å². The molecule has 1 aromatic rings. The lowest BCUT2D eigenvalue weighted by atomic mass is 9.61. The summed E-state index contributed by atoms with van der Waals surface area (Å²) in [5.74, 6) is -3.92. The number of anilines is 1. The van der Waals surface area contributed by atoms with E-state index in [-0.39, 0.29) is 30.2 Å². The van der Waals surface area contributed by atoms with Crippen molar-refractivity contribution in [1.29, 1.82) is 0 Å². The van der Waals surface area contributed by atoms with Gasteiger partial charge in [0.05, 0.1) is 25.0 Å². The van der Waals surface area contributed by atoms with Crippen LogP contribution in [-0.4, -0.2) is 79.9 Å². The third kappa shape index (κ3) is 8.56. The van der Waals surface area contributed by atoms with Gasteiger partial charge in [-0.25, -0.2) is 4.79 Å². The van der Waals surface area contributed by atoms with Crippen molar-refractivity contribution in [2.24, 2.45) is 29.1 Å². The molecular weight excluding hydrogens is 704 g/mol. The van der Waals surface area contributed by atoms with Gasteiger partial charge in [0.15, 0.2) is 6.10 Å². The quantitative estimate of drug-likeness (QED) is 0.171. The molecule has 8 unspecified atom stereocenters. The van der Waals surface area contributed by atoms with Crippen molar-refractivity contribution in [3.05, 3.63) is 70.3 Å². The molecule has 2 heterocycles. The van der Waals surface area contributed by atoms with Gasteiger partial charge in [0, 0.05) is 19.0 Å². The standard InChI is InChI=1S/C40H53F2N3O9/c1-22(6-13-30(46)25-8-9-25)28-11-12-29-24(5-4-17-39(28,29)3)7-10-26-19-27(20-31(47)23(26)2)53-35(49)15-14-34(48)52-21-32-36(50)40(41,42)37(54-32)45-18-16-33(43)44-38(45)51/h6-7,10,13,16,18,22,25,27-32,36-37,46-47,50H,2,4-5,8-9,11-12,14-15,17,19-21H2,1,3H3,(H2,43,44,51)/b13-6+,24-7+,26-10-/t22-,27?,28?,29?,30?,31?,32?,36?,37?,39+/m0/s1. The fraction of sp³-hybridized carbons (Fsp3) is 0.650. The number of rotatable bonds is 12. The van der Waals surface area contributed by atoms with Crippen molar-refractivity contribution >= 4 is 17.8 Å². The number of nitrogens with two attached hydrogens (primary N) is 1. The summed E-state index contributed by atoms with van der Waals surface area (Å²) in [5, 5.41) is 31.3. The summed E-state index contributed by atoms with van der Waals surface area (Å²) in [6, 6.07) is 1.12. The number of hydrogen-bond donors (Lipinski definition) is 4. The molecule has 1 saturated heterocycles. The maximum absolute atomic E-state index is 14.8. The Labute approximate surface area is 313 Å². The van der Waals surface area contributed by atoms with Gasteiger partial charge in [0.2, 0.25) is 6.23 Å². The number of aliphatic hydroxyl groups excluding tert-OH is 3. The van der Waals surface area contributed by atoms with Gasteiger partial charge in [0.25, 0.3) is 0 Å². The number of nitrogens with zero attached hydrogens (tertiary/aromatic N) is 2. The molecule has 12 nitrogen and oxygen atoms in total. The monoisotopic (exact) mass is 757 g/mol. The number of hydrogen-bond acceptors (Lipinski definition) is 11. The third-order valence-electron chi connectivity index (χ3n) is 12.4. The number of ether oxygens (including phenoxy) is 3. The molecule has 0 radical (unpaired) electrons. The second-order valence-corrected chi connectivity index (χ2v) is 16.1. The highest BCUT2D eigenvalue weighted by molar-refractivity contribution is 5.77. The Kier molecular flexibility index (Phi) is 12.0. The number of carbonyl (C=O) groups is 2. The minimum absolute atomic E-state index is 0.158. The highest BCUT2D eigenvalue weighted by Gasteiger charge is 2.60. The lowest BCUT2D eigenvalue weighted by Gasteiger charge is -2.44. The van der Waals surface area contributed by atoms with Gasteiger partial charge in [-0.3, -0.25) is 14.2 Å². The van der Waals surface area contributed by atoms with Crippen molar-refractivity contribution in [2.45, 2.75) is 127 Å². The van der Waals surface area contributed by atoms with E-state index >= 15 is 0 Å². The third-order valence-corrected chi connectivity index (χ3v) is 12.4. The van der Waals surface area contributed by atoms with Gasteiger partial charge in [-0.05, 0) is 91.2 Å². The first-order valence-electron chi connectivity index (χ1n) is 19.1. The zero-order valence-electron chi connectivity index (χ0n) is 30.9. The van der Waals surface area contributed by atoms with Crippen LogP contribution in [0.4, 0.5) is 14.6 Å². The van der Waals surface area contributed by atoms with Crippen LogP contribution in [0.1, 0.15) is 90.7 Å². The summed E-state index contributed by atoms with van der Waals surface area (Å²) >= 11 is 0. The van der Waals surface area contributed by atoms with E-state index in [1.165, 1.54) is 5.57 Å². The normalized spacial score (nSPS) is 34.9. The topological polar surface area (TPSA) is 183 Å². The van der Waals surface area contributed by atoms with Crippen LogP contribution < -0.4 is 11.4 Å². The first-order chi connectivity index (χ1) is 25.6. The van der Waals surface area contributed by atoms with Crippen LogP contribution in [0.15, 0.2) is 64.7 Å². The number of aromatic nitrogens is 2. The van der Waals surface area contributed by atoms with Gasteiger partial charge in [0.1, 0.15) is 24.6 Å². The maximum atomic E-state index is 14.8. The van der Waals surface area contributed by atoms with Crippen LogP contribution >= 0.6 is 0 Å². The van der Waals surface area contributed by atoms with E-state index in [9.17, 15) is 38.5 Å². The predicted octanol–water partition coefficient (Wildman–Crippen LogP) is 4.70. The number of nitrogen functional groups attached to an aromatic ring is 1. The second-order valence-electron chi connectivity index (χ2n) is 16.1. The van der Waals surface area contributed by atoms with Gasteiger partial charge in [-0.15, -0.1) is 0 Å². The van der Waals surface area contributed by atoms with Crippen LogP contribution in [0, 0.1) is 29.1 Å². The fourth-order valence-corrected chi connectivity index (χ4v) is 9.11. The number of carbonyl (C=O) groups excluding carboxylic acids is 2. The minimum Gasteiger partial charge on any atom is -0.463 e. The lowest BCUT2D eigenvalue weighted by molar-refractivity contribution is -0.157. The number of alkyl halides is 2. The predicted molar refractivity (Wildman–Crippen MR) is 194 cm³/mol. The molecule has 5 N–H and O–H groups in total. The Morgan fingerprint density at radius 2 is 1.91 bits per heavy atom. The van der Waals surface area contributed by atoms with Crippen LogP contribution in [0.3, 0.4) is 0 Å². The van der Waals surface area contributed by atoms with E-state index in [1.54, 1.807) is 0 Å². The van der Waals surface area contributed by atoms with E-state index in [1.807, 2.05) is 12.2 Å². The number of allylic oxidation sites excluding steroid dienone is 4. The van der Waals surface area contributed by atoms with Gasteiger partial charge in [-0.1, -0.05) is 50.3 Å². The zero-order valence-corrected chi connectivity index (χ0v) is 30.9. The molecule has 4 aliphatic carbocycles. The Bertz CT molecular complexity index is 1740. The molecule has 5 fully saturated rings. The molecule has 6 rings (SSSR count). The maximum Gasteiger partial charge on any atom is 0.351 e. The van der Waals surface area contributed by atoms with Crippen LogP contribution in [-0.2, 0) is 23.8 Å². The number of halogens is 2. The summed E-state index contributed by atoms with van der Waals surface area (Å²) in [6.07, 6.45) is 8.67. The minimum atomic E-state index is -3.91. The SMILES string of the molecule is C=C1/C(=C\C=C2/CCC[C@@]3(C)C2CCC3[C@@H](C)/C=C/C(O)C2CC2)CC(OC(=O)CCC(=O)OCC2OC(n3ccc(N)nc3=O)C(F)(F)C2O)CC1O. The van der Waals surface area contributed by atoms with Crippen molar-refractivity contribution in [2.75, 3.05) is 12.3 Å². The number of fused-ring (bicyclic) bond motifs is 1. The number of aliphatic hydroxyl groups is 3. The Balaban J connectivity index is 0.993. The molecule has 0 aromatic carbocycles. The molecule has 1 aliphatic heterocycles. The van der Waals surface area contributed by atoms with Crippen molar-refractivity contribution in [1.82, 2.24) is 9.55 Å². The van der Waals surface area contributed by atoms with E-state index in [0.29, 0.717) is 40.2 Å². The molecule has 10 atom stereocenters. The Hall–Kier alpha value is -3.72. The van der Waals surface area contributed by atoms with E-state index < -0.39 is 67.2 Å². The molecule has 14 heteroatoms. The smallest absolute Gasteiger partial charge is 0.351 e. The first kappa shape index (κ1) is 40.0. The van der Waals surface area contributed by atoms with Gasteiger partial charge in [-0.2, -0.15) is 13.8 Å². The average molecular weight is 758 g/mol. The van der Waals surface area contributed by atoms with E-state index in [2.05, 4.69) is 37.6 Å². The van der Waals surface area contributed by atoms with Crippen molar-refractivity contribution < 1.29 is 47.9 Å².